The lowest BCUT2D eigenvalue weighted by molar-refractivity contribution is -0.150. The molecule has 0 radical (unpaired) electrons. The Kier molecular flexibility index (Phi) is 4.62. The second-order valence-electron chi connectivity index (χ2n) is 6.11. The minimum atomic E-state index is -1.05. The molecule has 7 heteroatoms. The lowest BCUT2D eigenvalue weighted by Crippen LogP contribution is -2.55. The summed E-state index contributed by atoms with van der Waals surface area (Å²) >= 11 is 1.56. The van der Waals surface area contributed by atoms with Crippen molar-refractivity contribution in [1.29, 1.82) is 0 Å². The zero-order valence-corrected chi connectivity index (χ0v) is 14.6. The number of carbonyl (C=O) groups is 2. The maximum atomic E-state index is 13.1. The standard InChI is InChI=1S/C17H20N4O2S/c1-20(2)16(23)17(14-11-18-6-7-19-14)5-3-8-21(17)15(22)10-13-4-9-24-12-13/h4,6-7,9,11-12H,3,5,8,10H2,1-2H3/t17-/m0/s1. The number of hydrogen-bond donors (Lipinski definition) is 0. The fourth-order valence-corrected chi connectivity index (χ4v) is 3.97. The van der Waals surface area contributed by atoms with E-state index < -0.39 is 5.54 Å². The molecular formula is C17H20N4O2S. The normalized spacial score (nSPS) is 20.2. The van der Waals surface area contributed by atoms with Gasteiger partial charge in [-0.1, -0.05) is 0 Å². The zero-order chi connectivity index (χ0) is 17.2. The van der Waals surface area contributed by atoms with Crippen molar-refractivity contribution in [2.45, 2.75) is 24.8 Å². The van der Waals surface area contributed by atoms with Crippen molar-refractivity contribution < 1.29 is 9.59 Å². The molecular weight excluding hydrogens is 324 g/mol. The number of likely N-dealkylation sites (N-methyl/N-ethyl adjacent to an activating group) is 1. The van der Waals surface area contributed by atoms with Gasteiger partial charge in [0.15, 0.2) is 5.54 Å². The fourth-order valence-electron chi connectivity index (χ4n) is 3.30. The largest absolute Gasteiger partial charge is 0.346 e. The highest BCUT2D eigenvalue weighted by Gasteiger charge is 2.52. The third kappa shape index (κ3) is 2.80. The summed E-state index contributed by atoms with van der Waals surface area (Å²) in [7, 11) is 3.42. The topological polar surface area (TPSA) is 66.4 Å². The summed E-state index contributed by atoms with van der Waals surface area (Å²) in [4.78, 5) is 37.7. The molecule has 126 valence electrons. The number of rotatable bonds is 4. The molecule has 1 fully saturated rings. The van der Waals surface area contributed by atoms with Crippen molar-refractivity contribution in [2.75, 3.05) is 20.6 Å². The minimum Gasteiger partial charge on any atom is -0.346 e. The van der Waals surface area contributed by atoms with E-state index in [0.29, 0.717) is 25.1 Å². The Labute approximate surface area is 145 Å². The third-order valence-corrected chi connectivity index (χ3v) is 5.10. The van der Waals surface area contributed by atoms with Crippen molar-refractivity contribution in [3.8, 4) is 0 Å². The van der Waals surface area contributed by atoms with Gasteiger partial charge in [-0.15, -0.1) is 0 Å². The van der Waals surface area contributed by atoms with Gasteiger partial charge in [-0.05, 0) is 35.2 Å². The molecule has 1 aliphatic rings. The van der Waals surface area contributed by atoms with Crippen LogP contribution in [0.1, 0.15) is 24.1 Å². The Bertz CT molecular complexity index is 717. The van der Waals surface area contributed by atoms with Crippen LogP contribution in [0.4, 0.5) is 0 Å². The molecule has 0 N–H and O–H groups in total. The molecule has 0 saturated carbocycles. The number of amides is 2. The van der Waals surface area contributed by atoms with Gasteiger partial charge in [0, 0.05) is 33.0 Å². The highest BCUT2D eigenvalue weighted by molar-refractivity contribution is 7.08. The molecule has 1 saturated heterocycles. The monoisotopic (exact) mass is 344 g/mol. The van der Waals surface area contributed by atoms with Gasteiger partial charge in [0.1, 0.15) is 0 Å². The van der Waals surface area contributed by atoms with E-state index in [1.807, 2.05) is 16.8 Å². The zero-order valence-electron chi connectivity index (χ0n) is 13.8. The van der Waals surface area contributed by atoms with Crippen LogP contribution in [0.25, 0.3) is 0 Å². The highest BCUT2D eigenvalue weighted by Crippen LogP contribution is 2.39. The van der Waals surface area contributed by atoms with Crippen LogP contribution in [-0.4, -0.2) is 52.2 Å². The van der Waals surface area contributed by atoms with Crippen LogP contribution >= 0.6 is 11.3 Å². The van der Waals surface area contributed by atoms with Gasteiger partial charge < -0.3 is 9.80 Å². The molecule has 1 aliphatic heterocycles. The summed E-state index contributed by atoms with van der Waals surface area (Å²) in [6.45, 7) is 0.555. The Balaban J connectivity index is 2.00. The summed E-state index contributed by atoms with van der Waals surface area (Å²) in [5.74, 6) is -0.175. The van der Waals surface area contributed by atoms with E-state index in [-0.39, 0.29) is 11.8 Å². The van der Waals surface area contributed by atoms with E-state index in [9.17, 15) is 9.59 Å². The second-order valence-corrected chi connectivity index (χ2v) is 6.89. The molecule has 2 aromatic heterocycles. The van der Waals surface area contributed by atoms with E-state index in [0.717, 1.165) is 12.0 Å². The number of carbonyl (C=O) groups excluding carboxylic acids is 2. The minimum absolute atomic E-state index is 0.0493. The van der Waals surface area contributed by atoms with E-state index in [4.69, 9.17) is 0 Å². The Morgan fingerprint density at radius 2 is 2.21 bits per heavy atom. The van der Waals surface area contributed by atoms with Crippen molar-refractivity contribution in [1.82, 2.24) is 19.8 Å². The molecule has 2 amide bonds. The molecule has 0 aliphatic carbocycles. The van der Waals surface area contributed by atoms with Crippen LogP contribution in [0.2, 0.25) is 0 Å². The molecule has 24 heavy (non-hydrogen) atoms. The molecule has 2 aromatic rings. The van der Waals surface area contributed by atoms with Crippen molar-refractivity contribution in [2.24, 2.45) is 0 Å². The van der Waals surface area contributed by atoms with Gasteiger partial charge in [-0.25, -0.2) is 0 Å². The molecule has 1 atom stereocenters. The maximum Gasteiger partial charge on any atom is 0.254 e. The van der Waals surface area contributed by atoms with Gasteiger partial charge >= 0.3 is 0 Å². The fraction of sp³-hybridized carbons (Fsp3) is 0.412. The van der Waals surface area contributed by atoms with Crippen molar-refractivity contribution in [3.63, 3.8) is 0 Å². The Morgan fingerprint density at radius 3 is 2.83 bits per heavy atom. The van der Waals surface area contributed by atoms with Crippen LogP contribution in [-0.2, 0) is 21.5 Å². The first-order valence-electron chi connectivity index (χ1n) is 7.85. The first-order valence-corrected chi connectivity index (χ1v) is 8.80. The van der Waals surface area contributed by atoms with Crippen LogP contribution in [0, 0.1) is 0 Å². The molecule has 6 nitrogen and oxygen atoms in total. The second kappa shape index (κ2) is 6.68. The number of likely N-dealkylation sites (tertiary alicyclic amines) is 1. The lowest BCUT2D eigenvalue weighted by Gasteiger charge is -2.38. The summed E-state index contributed by atoms with van der Waals surface area (Å²) in [6.07, 6.45) is 6.37. The summed E-state index contributed by atoms with van der Waals surface area (Å²) in [6, 6.07) is 1.94. The third-order valence-electron chi connectivity index (χ3n) is 4.36. The van der Waals surface area contributed by atoms with E-state index in [2.05, 4.69) is 9.97 Å². The number of aromatic nitrogens is 2. The first-order chi connectivity index (χ1) is 11.6. The first kappa shape index (κ1) is 16.6. The van der Waals surface area contributed by atoms with Crippen molar-refractivity contribution >= 4 is 23.2 Å². The quantitative estimate of drug-likeness (QED) is 0.846. The highest BCUT2D eigenvalue weighted by atomic mass is 32.1. The maximum absolute atomic E-state index is 13.1. The number of thiophene rings is 1. The molecule has 3 rings (SSSR count). The lowest BCUT2D eigenvalue weighted by atomic mass is 9.90. The Hall–Kier alpha value is -2.28. The summed E-state index contributed by atoms with van der Waals surface area (Å²) in [5.41, 5.74) is 0.465. The average molecular weight is 344 g/mol. The molecule has 3 heterocycles. The molecule has 0 bridgehead atoms. The predicted molar refractivity (Wildman–Crippen MR) is 91.4 cm³/mol. The Morgan fingerprint density at radius 1 is 1.38 bits per heavy atom. The molecule has 0 aromatic carbocycles. The van der Waals surface area contributed by atoms with Gasteiger partial charge in [0.05, 0.1) is 18.3 Å². The SMILES string of the molecule is CN(C)C(=O)[C@@]1(c2cnccn2)CCCN1C(=O)Cc1ccsc1. The molecule has 0 unspecified atom stereocenters. The smallest absolute Gasteiger partial charge is 0.254 e. The summed E-state index contributed by atoms with van der Waals surface area (Å²) < 4.78 is 0. The van der Waals surface area contributed by atoms with E-state index in [1.165, 1.54) is 4.90 Å². The van der Waals surface area contributed by atoms with Crippen LogP contribution < -0.4 is 0 Å². The molecule has 0 spiro atoms. The van der Waals surface area contributed by atoms with Crippen LogP contribution in [0.15, 0.2) is 35.4 Å². The van der Waals surface area contributed by atoms with Gasteiger partial charge in [-0.2, -0.15) is 11.3 Å². The van der Waals surface area contributed by atoms with E-state index in [1.54, 1.807) is 48.9 Å². The predicted octanol–water partition coefficient (Wildman–Crippen LogP) is 1.69. The number of nitrogens with zero attached hydrogens (tertiary/aromatic N) is 4. The van der Waals surface area contributed by atoms with Crippen molar-refractivity contribution in [3.05, 3.63) is 46.7 Å². The number of hydrogen-bond acceptors (Lipinski definition) is 5. The van der Waals surface area contributed by atoms with Gasteiger partial charge in [0.2, 0.25) is 5.91 Å². The average Bonchev–Trinajstić information content (AvgIpc) is 3.24. The van der Waals surface area contributed by atoms with Crippen LogP contribution in [0.3, 0.4) is 0 Å². The van der Waals surface area contributed by atoms with Gasteiger partial charge in [0.25, 0.3) is 5.91 Å². The van der Waals surface area contributed by atoms with E-state index >= 15 is 0 Å². The van der Waals surface area contributed by atoms with Crippen LogP contribution in [0.5, 0.6) is 0 Å². The van der Waals surface area contributed by atoms with Gasteiger partial charge in [-0.3, -0.25) is 19.6 Å². The summed E-state index contributed by atoms with van der Waals surface area (Å²) in [5, 5.41) is 3.92.